The van der Waals surface area contributed by atoms with Crippen molar-refractivity contribution in [2.45, 2.75) is 53.5 Å². The first-order valence-electron chi connectivity index (χ1n) is 7.45. The van der Waals surface area contributed by atoms with Crippen molar-refractivity contribution in [2.75, 3.05) is 13.1 Å². The highest BCUT2D eigenvalue weighted by atomic mass is 16.4. The summed E-state index contributed by atoms with van der Waals surface area (Å²) < 4.78 is 0. The first kappa shape index (κ1) is 16.8. The van der Waals surface area contributed by atoms with Crippen molar-refractivity contribution in [2.24, 2.45) is 17.3 Å². The second-order valence-corrected chi connectivity index (χ2v) is 6.79. The molecule has 1 aliphatic rings. The lowest BCUT2D eigenvalue weighted by Crippen LogP contribution is -2.52. The van der Waals surface area contributed by atoms with Gasteiger partial charge in [0.2, 0.25) is 0 Å². The van der Waals surface area contributed by atoms with Crippen LogP contribution in [0.4, 0.5) is 4.79 Å². The van der Waals surface area contributed by atoms with Crippen LogP contribution in [-0.2, 0) is 4.79 Å². The quantitative estimate of drug-likeness (QED) is 0.833. The molecule has 1 heterocycles. The summed E-state index contributed by atoms with van der Waals surface area (Å²) in [5, 5.41) is 12.3. The zero-order valence-electron chi connectivity index (χ0n) is 13.3. The van der Waals surface area contributed by atoms with Crippen LogP contribution in [0, 0.1) is 17.3 Å². The molecule has 5 nitrogen and oxygen atoms in total. The fraction of sp³-hybridized carbons (Fsp3) is 0.867. The van der Waals surface area contributed by atoms with Gasteiger partial charge in [0.15, 0.2) is 0 Å². The normalized spacial score (nSPS) is 21.7. The number of carboxylic acids is 1. The predicted octanol–water partition coefficient (Wildman–Crippen LogP) is 2.56. The summed E-state index contributed by atoms with van der Waals surface area (Å²) in [6.07, 6.45) is 1.73. The highest BCUT2D eigenvalue weighted by molar-refractivity contribution is 5.76. The van der Waals surface area contributed by atoms with Gasteiger partial charge in [-0.2, -0.15) is 0 Å². The van der Waals surface area contributed by atoms with Gasteiger partial charge in [-0.05, 0) is 45.4 Å². The Morgan fingerprint density at radius 2 is 1.90 bits per heavy atom. The van der Waals surface area contributed by atoms with Crippen molar-refractivity contribution < 1.29 is 14.7 Å². The van der Waals surface area contributed by atoms with Gasteiger partial charge >= 0.3 is 12.0 Å². The number of hydrogen-bond donors (Lipinski definition) is 2. The summed E-state index contributed by atoms with van der Waals surface area (Å²) in [6, 6.07) is 0.0486. The minimum Gasteiger partial charge on any atom is -0.481 e. The Labute approximate surface area is 121 Å². The van der Waals surface area contributed by atoms with E-state index in [1.165, 1.54) is 0 Å². The van der Waals surface area contributed by atoms with Crippen LogP contribution in [0.2, 0.25) is 0 Å². The molecule has 2 unspecified atom stereocenters. The van der Waals surface area contributed by atoms with Gasteiger partial charge in [0.25, 0.3) is 0 Å². The number of rotatable bonds is 4. The van der Waals surface area contributed by atoms with Gasteiger partial charge in [-0.3, -0.25) is 4.79 Å². The van der Waals surface area contributed by atoms with E-state index in [0.29, 0.717) is 19.0 Å². The molecule has 5 heteroatoms. The van der Waals surface area contributed by atoms with E-state index in [-0.39, 0.29) is 18.0 Å². The maximum atomic E-state index is 12.2. The second kappa shape index (κ2) is 6.46. The molecule has 20 heavy (non-hydrogen) atoms. The zero-order chi connectivity index (χ0) is 15.5. The van der Waals surface area contributed by atoms with E-state index >= 15 is 0 Å². The van der Waals surface area contributed by atoms with Gasteiger partial charge in [-0.15, -0.1) is 0 Å². The van der Waals surface area contributed by atoms with Crippen LogP contribution < -0.4 is 5.32 Å². The first-order chi connectivity index (χ1) is 9.16. The summed E-state index contributed by atoms with van der Waals surface area (Å²) in [5.41, 5.74) is -0.789. The molecule has 0 aromatic rings. The molecule has 0 aromatic carbocycles. The molecule has 116 valence electrons. The summed E-state index contributed by atoms with van der Waals surface area (Å²) in [6.45, 7) is 10.9. The molecule has 1 saturated heterocycles. The number of urea groups is 1. The van der Waals surface area contributed by atoms with E-state index in [1.54, 1.807) is 18.7 Å². The lowest BCUT2D eigenvalue weighted by atomic mass is 9.74. The molecule has 0 aromatic heterocycles. The van der Waals surface area contributed by atoms with Crippen molar-refractivity contribution in [3.63, 3.8) is 0 Å². The van der Waals surface area contributed by atoms with Crippen LogP contribution in [0.1, 0.15) is 47.5 Å². The summed E-state index contributed by atoms with van der Waals surface area (Å²) in [5.74, 6) is -0.399. The topological polar surface area (TPSA) is 69.6 Å². The monoisotopic (exact) mass is 284 g/mol. The Bertz CT molecular complexity index is 366. The Morgan fingerprint density at radius 3 is 2.40 bits per heavy atom. The SMILES string of the molecule is CC(C)C(C)NC(=O)N1CCCC(C(C)(C)C(=O)O)C1. The largest absolute Gasteiger partial charge is 0.481 e. The van der Waals surface area contributed by atoms with Crippen molar-refractivity contribution in [1.29, 1.82) is 0 Å². The maximum Gasteiger partial charge on any atom is 0.317 e. The van der Waals surface area contributed by atoms with Gasteiger partial charge in [0.1, 0.15) is 0 Å². The van der Waals surface area contributed by atoms with Crippen LogP contribution in [0.3, 0.4) is 0 Å². The number of aliphatic carboxylic acids is 1. The first-order valence-corrected chi connectivity index (χ1v) is 7.45. The van der Waals surface area contributed by atoms with Crippen LogP contribution in [-0.4, -0.2) is 41.1 Å². The zero-order valence-corrected chi connectivity index (χ0v) is 13.3. The third-order valence-corrected chi connectivity index (χ3v) is 4.63. The summed E-state index contributed by atoms with van der Waals surface area (Å²) in [7, 11) is 0. The van der Waals surface area contributed by atoms with Crippen LogP contribution in [0.15, 0.2) is 0 Å². The average Bonchev–Trinajstić information content (AvgIpc) is 2.38. The number of amides is 2. The lowest BCUT2D eigenvalue weighted by Gasteiger charge is -2.39. The number of carboxylic acid groups (broad SMARTS) is 1. The van der Waals surface area contributed by atoms with Gasteiger partial charge in [0.05, 0.1) is 5.41 Å². The minimum absolute atomic E-state index is 0.00820. The van der Waals surface area contributed by atoms with Crippen LogP contribution >= 0.6 is 0 Å². The Balaban J connectivity index is 2.65. The van der Waals surface area contributed by atoms with Gasteiger partial charge in [0, 0.05) is 19.1 Å². The van der Waals surface area contributed by atoms with Crippen molar-refractivity contribution in [3.05, 3.63) is 0 Å². The molecule has 1 fully saturated rings. The van der Waals surface area contributed by atoms with Gasteiger partial charge in [-0.25, -0.2) is 4.79 Å². The fourth-order valence-corrected chi connectivity index (χ4v) is 2.38. The number of carbonyl (C=O) groups is 2. The molecule has 0 aliphatic carbocycles. The molecule has 2 atom stereocenters. The maximum absolute atomic E-state index is 12.2. The van der Waals surface area contributed by atoms with E-state index in [4.69, 9.17) is 0 Å². The standard InChI is InChI=1S/C15H28N2O3/c1-10(2)11(3)16-14(20)17-8-6-7-12(9-17)15(4,5)13(18)19/h10-12H,6-9H2,1-5H3,(H,16,20)(H,18,19). The van der Waals surface area contributed by atoms with Gasteiger partial charge in [-0.1, -0.05) is 13.8 Å². The molecule has 1 rings (SSSR count). The smallest absolute Gasteiger partial charge is 0.317 e. The highest BCUT2D eigenvalue weighted by Gasteiger charge is 2.40. The molecular weight excluding hydrogens is 256 g/mol. The number of nitrogens with one attached hydrogen (secondary N) is 1. The molecule has 0 spiro atoms. The summed E-state index contributed by atoms with van der Waals surface area (Å²) in [4.78, 5) is 25.3. The third-order valence-electron chi connectivity index (χ3n) is 4.63. The number of hydrogen-bond acceptors (Lipinski definition) is 2. The van der Waals surface area contributed by atoms with Crippen LogP contribution in [0.5, 0.6) is 0 Å². The average molecular weight is 284 g/mol. The van der Waals surface area contributed by atoms with E-state index in [9.17, 15) is 14.7 Å². The molecule has 1 aliphatic heterocycles. The number of piperidine rings is 1. The Kier molecular flexibility index (Phi) is 5.42. The predicted molar refractivity (Wildman–Crippen MR) is 78.5 cm³/mol. The fourth-order valence-electron chi connectivity index (χ4n) is 2.38. The number of likely N-dealkylation sites (tertiary alicyclic amines) is 1. The molecule has 0 radical (unpaired) electrons. The lowest BCUT2D eigenvalue weighted by molar-refractivity contribution is -0.151. The Hall–Kier alpha value is -1.26. The minimum atomic E-state index is -0.791. The Morgan fingerprint density at radius 1 is 1.30 bits per heavy atom. The van der Waals surface area contributed by atoms with Crippen molar-refractivity contribution >= 4 is 12.0 Å². The second-order valence-electron chi connectivity index (χ2n) is 6.79. The van der Waals surface area contributed by atoms with Crippen molar-refractivity contribution in [3.8, 4) is 0 Å². The van der Waals surface area contributed by atoms with Gasteiger partial charge < -0.3 is 15.3 Å². The molecule has 2 amide bonds. The number of carbonyl (C=O) groups excluding carboxylic acids is 1. The molecule has 0 bridgehead atoms. The highest BCUT2D eigenvalue weighted by Crippen LogP contribution is 2.34. The van der Waals surface area contributed by atoms with Crippen LogP contribution in [0.25, 0.3) is 0 Å². The van der Waals surface area contributed by atoms with E-state index < -0.39 is 11.4 Å². The molecule has 0 saturated carbocycles. The van der Waals surface area contributed by atoms with Crippen molar-refractivity contribution in [1.82, 2.24) is 10.2 Å². The molecular formula is C15H28N2O3. The third kappa shape index (κ3) is 3.87. The van der Waals surface area contributed by atoms with E-state index in [0.717, 1.165) is 12.8 Å². The van der Waals surface area contributed by atoms with E-state index in [2.05, 4.69) is 19.2 Å². The molecule has 2 N–H and O–H groups in total. The summed E-state index contributed by atoms with van der Waals surface area (Å²) >= 11 is 0. The van der Waals surface area contributed by atoms with E-state index in [1.807, 2.05) is 6.92 Å². The number of nitrogens with zero attached hydrogens (tertiary/aromatic N) is 1.